The Morgan fingerprint density at radius 1 is 1.43 bits per heavy atom. The van der Waals surface area contributed by atoms with Crippen molar-refractivity contribution in [3.8, 4) is 5.69 Å². The lowest BCUT2D eigenvalue weighted by atomic mass is 10.2. The maximum Gasteiger partial charge on any atom is 0.138 e. The SMILES string of the molecule is NCc1ccc(-n2cncn2)c(Br)c1. The van der Waals surface area contributed by atoms with E-state index in [9.17, 15) is 0 Å². The summed E-state index contributed by atoms with van der Waals surface area (Å²) in [6, 6.07) is 5.92. The second-order valence-corrected chi connectivity index (χ2v) is 3.68. The quantitative estimate of drug-likeness (QED) is 0.882. The molecular formula is C9H9BrN4. The third-order valence-corrected chi connectivity index (χ3v) is 2.55. The van der Waals surface area contributed by atoms with Crippen molar-refractivity contribution in [2.45, 2.75) is 6.54 Å². The Morgan fingerprint density at radius 2 is 2.29 bits per heavy atom. The van der Waals surface area contributed by atoms with Gasteiger partial charge in [-0.3, -0.25) is 0 Å². The molecule has 2 aromatic rings. The average Bonchev–Trinajstić information content (AvgIpc) is 2.70. The summed E-state index contributed by atoms with van der Waals surface area (Å²) in [6.07, 6.45) is 3.16. The predicted octanol–water partition coefficient (Wildman–Crippen LogP) is 1.49. The van der Waals surface area contributed by atoms with Crippen LogP contribution in [0, 0.1) is 0 Å². The Labute approximate surface area is 89.9 Å². The van der Waals surface area contributed by atoms with Crippen molar-refractivity contribution >= 4 is 15.9 Å². The van der Waals surface area contributed by atoms with Gasteiger partial charge in [-0.25, -0.2) is 9.67 Å². The van der Waals surface area contributed by atoms with Gasteiger partial charge in [-0.05, 0) is 33.6 Å². The van der Waals surface area contributed by atoms with Crippen molar-refractivity contribution in [1.82, 2.24) is 14.8 Å². The molecule has 1 aromatic carbocycles. The Hall–Kier alpha value is -1.20. The minimum atomic E-state index is 0.538. The van der Waals surface area contributed by atoms with Gasteiger partial charge in [-0.15, -0.1) is 0 Å². The smallest absolute Gasteiger partial charge is 0.138 e. The van der Waals surface area contributed by atoms with E-state index in [2.05, 4.69) is 26.0 Å². The molecule has 0 aliphatic rings. The predicted molar refractivity (Wildman–Crippen MR) is 57.0 cm³/mol. The van der Waals surface area contributed by atoms with Crippen LogP contribution in [0.4, 0.5) is 0 Å². The van der Waals surface area contributed by atoms with E-state index in [0.29, 0.717) is 6.54 Å². The molecule has 0 saturated heterocycles. The van der Waals surface area contributed by atoms with E-state index < -0.39 is 0 Å². The summed E-state index contributed by atoms with van der Waals surface area (Å²) in [5.41, 5.74) is 7.57. The van der Waals surface area contributed by atoms with E-state index >= 15 is 0 Å². The molecular weight excluding hydrogens is 244 g/mol. The molecule has 4 nitrogen and oxygen atoms in total. The highest BCUT2D eigenvalue weighted by Crippen LogP contribution is 2.21. The van der Waals surface area contributed by atoms with Gasteiger partial charge in [-0.2, -0.15) is 5.10 Å². The summed E-state index contributed by atoms with van der Waals surface area (Å²) in [6.45, 7) is 0.538. The minimum Gasteiger partial charge on any atom is -0.326 e. The zero-order valence-corrected chi connectivity index (χ0v) is 8.98. The molecule has 0 amide bonds. The molecule has 1 aromatic heterocycles. The van der Waals surface area contributed by atoms with E-state index in [1.165, 1.54) is 6.33 Å². The number of nitrogens with zero attached hydrogens (tertiary/aromatic N) is 3. The van der Waals surface area contributed by atoms with Gasteiger partial charge in [0.25, 0.3) is 0 Å². The molecule has 2 N–H and O–H groups in total. The van der Waals surface area contributed by atoms with E-state index in [1.807, 2.05) is 18.2 Å². The number of benzene rings is 1. The van der Waals surface area contributed by atoms with Crippen LogP contribution in [0.2, 0.25) is 0 Å². The van der Waals surface area contributed by atoms with Gasteiger partial charge in [-0.1, -0.05) is 6.07 Å². The third-order valence-electron chi connectivity index (χ3n) is 1.91. The Kier molecular flexibility index (Phi) is 2.60. The zero-order valence-electron chi connectivity index (χ0n) is 7.39. The number of nitrogens with two attached hydrogens (primary N) is 1. The normalized spacial score (nSPS) is 10.4. The van der Waals surface area contributed by atoms with Gasteiger partial charge in [0.2, 0.25) is 0 Å². The molecule has 14 heavy (non-hydrogen) atoms. The monoisotopic (exact) mass is 252 g/mol. The first-order valence-electron chi connectivity index (χ1n) is 4.15. The molecule has 0 aliphatic heterocycles. The second-order valence-electron chi connectivity index (χ2n) is 2.83. The van der Waals surface area contributed by atoms with Crippen LogP contribution in [-0.4, -0.2) is 14.8 Å². The summed E-state index contributed by atoms with van der Waals surface area (Å²) in [5.74, 6) is 0. The first-order valence-corrected chi connectivity index (χ1v) is 4.94. The van der Waals surface area contributed by atoms with E-state index in [0.717, 1.165) is 15.7 Å². The van der Waals surface area contributed by atoms with Gasteiger partial charge in [0.15, 0.2) is 0 Å². The fraction of sp³-hybridized carbons (Fsp3) is 0.111. The Balaban J connectivity index is 2.46. The van der Waals surface area contributed by atoms with Crippen LogP contribution < -0.4 is 5.73 Å². The summed E-state index contributed by atoms with van der Waals surface area (Å²) in [7, 11) is 0. The Bertz CT molecular complexity index is 424. The lowest BCUT2D eigenvalue weighted by molar-refractivity contribution is 0.872. The van der Waals surface area contributed by atoms with Gasteiger partial charge in [0.1, 0.15) is 12.7 Å². The average molecular weight is 253 g/mol. The zero-order chi connectivity index (χ0) is 9.97. The van der Waals surface area contributed by atoms with E-state index in [1.54, 1.807) is 11.0 Å². The molecule has 0 atom stereocenters. The fourth-order valence-electron chi connectivity index (χ4n) is 1.20. The highest BCUT2D eigenvalue weighted by molar-refractivity contribution is 9.10. The lowest BCUT2D eigenvalue weighted by Gasteiger charge is -2.05. The lowest BCUT2D eigenvalue weighted by Crippen LogP contribution is -1.99. The van der Waals surface area contributed by atoms with Crippen molar-refractivity contribution in [1.29, 1.82) is 0 Å². The van der Waals surface area contributed by atoms with Crippen LogP contribution in [0.25, 0.3) is 5.69 Å². The van der Waals surface area contributed by atoms with Crippen LogP contribution in [-0.2, 0) is 6.54 Å². The van der Waals surface area contributed by atoms with E-state index in [-0.39, 0.29) is 0 Å². The first kappa shape index (κ1) is 9.36. The molecule has 0 unspecified atom stereocenters. The molecule has 1 heterocycles. The maximum absolute atomic E-state index is 5.53. The van der Waals surface area contributed by atoms with Crippen molar-refractivity contribution in [3.63, 3.8) is 0 Å². The van der Waals surface area contributed by atoms with Gasteiger partial charge >= 0.3 is 0 Å². The second kappa shape index (κ2) is 3.89. The molecule has 0 radical (unpaired) electrons. The molecule has 0 bridgehead atoms. The van der Waals surface area contributed by atoms with Crippen LogP contribution in [0.15, 0.2) is 35.3 Å². The number of aromatic nitrogens is 3. The number of rotatable bonds is 2. The largest absolute Gasteiger partial charge is 0.326 e. The van der Waals surface area contributed by atoms with Crippen LogP contribution in [0.5, 0.6) is 0 Å². The van der Waals surface area contributed by atoms with Crippen LogP contribution >= 0.6 is 15.9 Å². The Morgan fingerprint density at radius 3 is 2.86 bits per heavy atom. The summed E-state index contributed by atoms with van der Waals surface area (Å²) in [4.78, 5) is 3.89. The number of hydrogen-bond donors (Lipinski definition) is 1. The molecule has 0 saturated carbocycles. The molecule has 72 valence electrons. The number of hydrogen-bond acceptors (Lipinski definition) is 3. The highest BCUT2D eigenvalue weighted by atomic mass is 79.9. The molecule has 5 heteroatoms. The minimum absolute atomic E-state index is 0.538. The van der Waals surface area contributed by atoms with Gasteiger partial charge in [0, 0.05) is 11.0 Å². The van der Waals surface area contributed by atoms with Crippen molar-refractivity contribution in [2.24, 2.45) is 5.73 Å². The van der Waals surface area contributed by atoms with E-state index in [4.69, 9.17) is 5.73 Å². The summed E-state index contributed by atoms with van der Waals surface area (Å²) < 4.78 is 2.66. The molecule has 0 aliphatic carbocycles. The standard InChI is InChI=1S/C9H9BrN4/c10-8-3-7(4-11)1-2-9(8)14-6-12-5-13-14/h1-3,5-6H,4,11H2. The maximum atomic E-state index is 5.53. The first-order chi connectivity index (χ1) is 6.81. The topological polar surface area (TPSA) is 56.7 Å². The fourth-order valence-corrected chi connectivity index (χ4v) is 1.80. The molecule has 2 rings (SSSR count). The van der Waals surface area contributed by atoms with Crippen molar-refractivity contribution in [3.05, 3.63) is 40.9 Å². The van der Waals surface area contributed by atoms with Crippen molar-refractivity contribution in [2.75, 3.05) is 0 Å². The van der Waals surface area contributed by atoms with Gasteiger partial charge in [0.05, 0.1) is 5.69 Å². The third kappa shape index (κ3) is 1.69. The summed E-state index contributed by atoms with van der Waals surface area (Å²) in [5, 5.41) is 4.05. The molecule has 0 fully saturated rings. The molecule has 0 spiro atoms. The van der Waals surface area contributed by atoms with Crippen LogP contribution in [0.3, 0.4) is 0 Å². The van der Waals surface area contributed by atoms with Gasteiger partial charge < -0.3 is 5.73 Å². The highest BCUT2D eigenvalue weighted by Gasteiger charge is 2.03. The summed E-state index contributed by atoms with van der Waals surface area (Å²) >= 11 is 3.47. The van der Waals surface area contributed by atoms with Crippen molar-refractivity contribution < 1.29 is 0 Å². The number of halogens is 1. The van der Waals surface area contributed by atoms with Crippen LogP contribution in [0.1, 0.15) is 5.56 Å².